The predicted octanol–water partition coefficient (Wildman–Crippen LogP) is 6.88. The lowest BCUT2D eigenvalue weighted by atomic mass is 10.2. The number of ether oxygens (including phenoxy) is 1. The first kappa shape index (κ1) is 24.8. The Labute approximate surface area is 213 Å². The molecule has 0 spiro atoms. The number of rotatable bonds is 11. The number of carbonyl (C=O) groups is 1. The lowest BCUT2D eigenvalue weighted by Crippen LogP contribution is -2.12. The smallest absolute Gasteiger partial charge is 0.255 e. The van der Waals surface area contributed by atoms with E-state index in [2.05, 4.69) is 32.9 Å². The third-order valence-electron chi connectivity index (χ3n) is 5.27. The van der Waals surface area contributed by atoms with Gasteiger partial charge in [0.05, 0.1) is 12.3 Å². The summed E-state index contributed by atoms with van der Waals surface area (Å²) in [5.41, 5.74) is 1.99. The maximum Gasteiger partial charge on any atom is 0.255 e. The summed E-state index contributed by atoms with van der Waals surface area (Å²) in [6, 6.07) is 20.3. The Morgan fingerprint density at radius 2 is 1.86 bits per heavy atom. The topological polar surface area (TPSA) is 92.8 Å². The zero-order valence-corrected chi connectivity index (χ0v) is 20.9. The minimum atomic E-state index is -0.227. The van der Waals surface area contributed by atoms with Crippen LogP contribution in [0, 0.1) is 0 Å². The van der Waals surface area contributed by atoms with Crippen molar-refractivity contribution >= 4 is 35.0 Å². The monoisotopic (exact) mass is 507 g/mol. The molecule has 1 aromatic heterocycles. The molecule has 3 aromatic carbocycles. The molecule has 0 unspecified atom stereocenters. The second-order valence-electron chi connectivity index (χ2n) is 7.86. The first-order valence-corrected chi connectivity index (χ1v) is 12.7. The van der Waals surface area contributed by atoms with Gasteiger partial charge in [0, 0.05) is 25.9 Å². The molecule has 4 rings (SSSR count). The zero-order chi connectivity index (χ0) is 24.5. The molecule has 9 heteroatoms. The third-order valence-corrected chi connectivity index (χ3v) is 6.65. The lowest BCUT2D eigenvalue weighted by molar-refractivity contribution is 0.102. The maximum absolute atomic E-state index is 13.0. The number of aromatic amines is 1. The van der Waals surface area contributed by atoms with Crippen molar-refractivity contribution in [1.82, 2.24) is 20.6 Å². The Hall–Kier alpha value is -3.36. The number of H-pyrrole nitrogens is 1. The first-order chi connectivity index (χ1) is 17.1. The molecule has 1 amide bonds. The highest BCUT2D eigenvalue weighted by atomic mass is 35.5. The van der Waals surface area contributed by atoms with Crippen molar-refractivity contribution in [1.29, 1.82) is 0 Å². The van der Waals surface area contributed by atoms with Crippen molar-refractivity contribution < 1.29 is 9.53 Å². The fourth-order valence-corrected chi connectivity index (χ4v) is 4.62. The van der Waals surface area contributed by atoms with Gasteiger partial charge in [0.15, 0.2) is 0 Å². The number of tetrazole rings is 1. The molecule has 7 nitrogen and oxygen atoms in total. The summed E-state index contributed by atoms with van der Waals surface area (Å²) in [5, 5.41) is 17.8. The van der Waals surface area contributed by atoms with Crippen LogP contribution in [-0.4, -0.2) is 33.1 Å². The Balaban J connectivity index is 1.46. The average molecular weight is 508 g/mol. The predicted molar refractivity (Wildman–Crippen MR) is 139 cm³/mol. The van der Waals surface area contributed by atoms with Gasteiger partial charge in [0.1, 0.15) is 5.75 Å². The van der Waals surface area contributed by atoms with Gasteiger partial charge < -0.3 is 10.1 Å². The number of hydrogen-bond acceptors (Lipinski definition) is 6. The number of halogens is 1. The number of aromatic nitrogens is 4. The Kier molecular flexibility index (Phi) is 8.75. The number of amides is 1. The van der Waals surface area contributed by atoms with E-state index in [1.165, 1.54) is 24.6 Å². The van der Waals surface area contributed by atoms with Crippen LogP contribution >= 0.6 is 23.4 Å². The Morgan fingerprint density at radius 1 is 1.03 bits per heavy atom. The molecule has 0 saturated heterocycles. The number of carbonyl (C=O) groups excluding carboxylic acids is 1. The summed E-state index contributed by atoms with van der Waals surface area (Å²) in [5.74, 6) is 1.03. The standard InChI is InChI=1S/C26H26ClN5O2S/c1-2-3-4-7-16-34-20-13-10-18(11-14-20)26(33)28-22-17-19(27)12-15-24(22)35-23-9-6-5-8-21(23)25-29-31-32-30-25/h5-6,8-15,17H,2-4,7,16H2,1H3,(H,28,33)(H,29,30,31,32). The number of nitrogens with one attached hydrogen (secondary N) is 2. The van der Waals surface area contributed by atoms with Crippen LogP contribution in [0.1, 0.15) is 43.0 Å². The van der Waals surface area contributed by atoms with Gasteiger partial charge in [0.2, 0.25) is 5.82 Å². The van der Waals surface area contributed by atoms with Crippen molar-refractivity contribution in [2.75, 3.05) is 11.9 Å². The van der Waals surface area contributed by atoms with Crippen LogP contribution in [0.5, 0.6) is 5.75 Å². The van der Waals surface area contributed by atoms with Gasteiger partial charge in [-0.05, 0) is 66.2 Å². The molecule has 0 radical (unpaired) electrons. The summed E-state index contributed by atoms with van der Waals surface area (Å²) in [6.07, 6.45) is 4.61. The summed E-state index contributed by atoms with van der Waals surface area (Å²) in [4.78, 5) is 14.8. The molecule has 180 valence electrons. The highest BCUT2D eigenvalue weighted by Crippen LogP contribution is 2.39. The van der Waals surface area contributed by atoms with Crippen LogP contribution in [0.2, 0.25) is 5.02 Å². The number of benzene rings is 3. The molecule has 0 saturated carbocycles. The number of anilines is 1. The van der Waals surface area contributed by atoms with Gasteiger partial charge in [-0.3, -0.25) is 4.79 Å². The zero-order valence-electron chi connectivity index (χ0n) is 19.3. The van der Waals surface area contributed by atoms with Crippen LogP contribution in [-0.2, 0) is 0 Å². The minimum absolute atomic E-state index is 0.227. The van der Waals surface area contributed by atoms with Gasteiger partial charge >= 0.3 is 0 Å². The molecule has 2 N–H and O–H groups in total. The van der Waals surface area contributed by atoms with Crippen LogP contribution < -0.4 is 10.1 Å². The van der Waals surface area contributed by atoms with E-state index >= 15 is 0 Å². The molecule has 0 bridgehead atoms. The van der Waals surface area contributed by atoms with Crippen molar-refractivity contribution in [3.05, 3.63) is 77.3 Å². The van der Waals surface area contributed by atoms with Crippen molar-refractivity contribution in [3.8, 4) is 17.1 Å². The normalized spacial score (nSPS) is 10.8. The fraction of sp³-hybridized carbons (Fsp3) is 0.231. The maximum atomic E-state index is 13.0. The SMILES string of the molecule is CCCCCCOc1ccc(C(=O)Nc2cc(Cl)ccc2Sc2ccccc2-c2nn[nH]n2)cc1. The van der Waals surface area contributed by atoms with Gasteiger partial charge in [-0.2, -0.15) is 5.21 Å². The largest absolute Gasteiger partial charge is 0.494 e. The average Bonchev–Trinajstić information content (AvgIpc) is 3.41. The third kappa shape index (κ3) is 6.83. The van der Waals surface area contributed by atoms with Gasteiger partial charge in [-0.15, -0.1) is 10.2 Å². The van der Waals surface area contributed by atoms with Crippen LogP contribution in [0.25, 0.3) is 11.4 Å². The number of hydrogen-bond donors (Lipinski definition) is 2. The highest BCUT2D eigenvalue weighted by molar-refractivity contribution is 7.99. The molecule has 4 aromatic rings. The number of nitrogens with zero attached hydrogens (tertiary/aromatic N) is 3. The Bertz CT molecular complexity index is 1250. The van der Waals surface area contributed by atoms with E-state index in [1.54, 1.807) is 24.3 Å². The van der Waals surface area contributed by atoms with Crippen LogP contribution in [0.3, 0.4) is 0 Å². The summed E-state index contributed by atoms with van der Waals surface area (Å²) in [6.45, 7) is 2.87. The van der Waals surface area contributed by atoms with Crippen molar-refractivity contribution in [3.63, 3.8) is 0 Å². The van der Waals surface area contributed by atoms with E-state index in [0.29, 0.717) is 28.7 Å². The molecule has 35 heavy (non-hydrogen) atoms. The van der Waals surface area contributed by atoms with E-state index in [9.17, 15) is 4.79 Å². The summed E-state index contributed by atoms with van der Waals surface area (Å²) < 4.78 is 5.78. The Morgan fingerprint density at radius 3 is 2.63 bits per heavy atom. The summed E-state index contributed by atoms with van der Waals surface area (Å²) in [7, 11) is 0. The van der Waals surface area contributed by atoms with E-state index in [1.807, 2.05) is 42.5 Å². The van der Waals surface area contributed by atoms with E-state index < -0.39 is 0 Å². The molecule has 0 fully saturated rings. The van der Waals surface area contributed by atoms with E-state index in [-0.39, 0.29) is 5.91 Å². The molecule has 0 aliphatic heterocycles. The van der Waals surface area contributed by atoms with Gasteiger partial charge in [0.25, 0.3) is 5.91 Å². The van der Waals surface area contributed by atoms with Crippen molar-refractivity contribution in [2.45, 2.75) is 42.4 Å². The first-order valence-electron chi connectivity index (χ1n) is 11.5. The summed E-state index contributed by atoms with van der Waals surface area (Å²) >= 11 is 7.74. The van der Waals surface area contributed by atoms with Crippen LogP contribution in [0.15, 0.2) is 76.5 Å². The number of unbranched alkanes of at least 4 members (excludes halogenated alkanes) is 3. The second kappa shape index (κ2) is 12.4. The molecular weight excluding hydrogens is 482 g/mol. The highest BCUT2D eigenvalue weighted by Gasteiger charge is 2.15. The molecule has 0 aliphatic rings. The second-order valence-corrected chi connectivity index (χ2v) is 9.38. The molecular formula is C26H26ClN5O2S. The minimum Gasteiger partial charge on any atom is -0.494 e. The molecule has 0 atom stereocenters. The fourth-order valence-electron chi connectivity index (χ4n) is 3.44. The molecule has 1 heterocycles. The van der Waals surface area contributed by atoms with Crippen LogP contribution in [0.4, 0.5) is 5.69 Å². The van der Waals surface area contributed by atoms with Gasteiger partial charge in [-0.25, -0.2) is 0 Å². The van der Waals surface area contributed by atoms with E-state index in [4.69, 9.17) is 16.3 Å². The van der Waals surface area contributed by atoms with E-state index in [0.717, 1.165) is 33.9 Å². The quantitative estimate of drug-likeness (QED) is 0.215. The molecule has 0 aliphatic carbocycles. The van der Waals surface area contributed by atoms with Crippen molar-refractivity contribution in [2.24, 2.45) is 0 Å². The van der Waals surface area contributed by atoms with Gasteiger partial charge in [-0.1, -0.05) is 61.7 Å². The lowest BCUT2D eigenvalue weighted by Gasteiger charge is -2.13.